The number of ketones is 1. The van der Waals surface area contributed by atoms with Crippen LogP contribution in [0.15, 0.2) is 40.9 Å². The molecule has 0 aliphatic rings. The van der Waals surface area contributed by atoms with Crippen molar-refractivity contribution in [1.82, 2.24) is 0 Å². The molecule has 92 valence electrons. The average molecular weight is 324 g/mol. The van der Waals surface area contributed by atoms with Gasteiger partial charge in [0.2, 0.25) is 0 Å². The summed E-state index contributed by atoms with van der Waals surface area (Å²) in [4.78, 5) is 12.4. The molecule has 0 radical (unpaired) electrons. The van der Waals surface area contributed by atoms with Crippen molar-refractivity contribution in [1.29, 1.82) is 0 Å². The minimum absolute atomic E-state index is 0.00495. The van der Waals surface area contributed by atoms with Crippen LogP contribution in [0.1, 0.15) is 27.0 Å². The van der Waals surface area contributed by atoms with E-state index in [9.17, 15) is 4.79 Å². The topological polar surface area (TPSA) is 17.1 Å². The molecule has 18 heavy (non-hydrogen) atoms. The number of hydrogen-bond acceptors (Lipinski definition) is 1. The molecule has 0 aliphatic heterocycles. The lowest BCUT2D eigenvalue weighted by Gasteiger charge is -2.06. The molecule has 0 saturated carbocycles. The van der Waals surface area contributed by atoms with E-state index in [0.717, 1.165) is 15.6 Å². The molecular formula is C15H12BrClO. The molecule has 0 aliphatic carbocycles. The Morgan fingerprint density at radius 2 is 1.67 bits per heavy atom. The first-order valence-electron chi connectivity index (χ1n) is 5.55. The van der Waals surface area contributed by atoms with Gasteiger partial charge >= 0.3 is 0 Å². The number of benzene rings is 2. The molecule has 0 aromatic heterocycles. The van der Waals surface area contributed by atoms with E-state index in [0.29, 0.717) is 16.1 Å². The van der Waals surface area contributed by atoms with Crippen LogP contribution < -0.4 is 0 Å². The van der Waals surface area contributed by atoms with Gasteiger partial charge in [0.15, 0.2) is 5.78 Å². The van der Waals surface area contributed by atoms with Gasteiger partial charge in [-0.05, 0) is 60.1 Å². The third-order valence-electron chi connectivity index (χ3n) is 2.66. The molecule has 0 bridgehead atoms. The fourth-order valence-electron chi connectivity index (χ4n) is 1.93. The Balaban J connectivity index is 2.47. The van der Waals surface area contributed by atoms with Crippen LogP contribution in [0.25, 0.3) is 0 Å². The number of carbonyl (C=O) groups is 1. The zero-order valence-electron chi connectivity index (χ0n) is 10.1. The van der Waals surface area contributed by atoms with Gasteiger partial charge in [0, 0.05) is 20.6 Å². The first kappa shape index (κ1) is 13.3. The molecule has 3 heteroatoms. The monoisotopic (exact) mass is 322 g/mol. The van der Waals surface area contributed by atoms with Gasteiger partial charge in [0.25, 0.3) is 0 Å². The van der Waals surface area contributed by atoms with Crippen molar-refractivity contribution in [3.05, 3.63) is 68.1 Å². The Kier molecular flexibility index (Phi) is 3.88. The second kappa shape index (κ2) is 5.25. The lowest BCUT2D eigenvalue weighted by atomic mass is 9.99. The number of hydrogen-bond donors (Lipinski definition) is 0. The first-order chi connectivity index (χ1) is 8.47. The molecule has 2 aromatic rings. The van der Waals surface area contributed by atoms with Gasteiger partial charge in [-0.25, -0.2) is 0 Å². The summed E-state index contributed by atoms with van der Waals surface area (Å²) in [5.41, 5.74) is 3.51. The molecule has 0 saturated heterocycles. The summed E-state index contributed by atoms with van der Waals surface area (Å²) < 4.78 is 0.721. The van der Waals surface area contributed by atoms with Crippen molar-refractivity contribution in [3.63, 3.8) is 0 Å². The molecule has 0 amide bonds. The molecular weight excluding hydrogens is 312 g/mol. The lowest BCUT2D eigenvalue weighted by molar-refractivity contribution is 0.103. The van der Waals surface area contributed by atoms with Gasteiger partial charge < -0.3 is 0 Å². The van der Waals surface area contributed by atoms with Crippen LogP contribution in [0, 0.1) is 13.8 Å². The summed E-state index contributed by atoms with van der Waals surface area (Å²) in [6.45, 7) is 3.97. The van der Waals surface area contributed by atoms with Gasteiger partial charge in [-0.2, -0.15) is 0 Å². The summed E-state index contributed by atoms with van der Waals surface area (Å²) in [5.74, 6) is 0.00495. The lowest BCUT2D eigenvalue weighted by Crippen LogP contribution is -2.03. The summed E-state index contributed by atoms with van der Waals surface area (Å²) >= 11 is 9.25. The molecule has 0 heterocycles. The molecule has 0 unspecified atom stereocenters. The van der Waals surface area contributed by atoms with Gasteiger partial charge in [-0.1, -0.05) is 28.8 Å². The van der Waals surface area contributed by atoms with E-state index >= 15 is 0 Å². The highest BCUT2D eigenvalue weighted by Crippen LogP contribution is 2.24. The van der Waals surface area contributed by atoms with Crippen molar-refractivity contribution >= 4 is 33.3 Å². The molecule has 2 rings (SSSR count). The van der Waals surface area contributed by atoms with E-state index in [-0.39, 0.29) is 5.78 Å². The number of aryl methyl sites for hydroxylation is 2. The second-order valence-corrected chi connectivity index (χ2v) is 5.62. The van der Waals surface area contributed by atoms with E-state index in [2.05, 4.69) is 15.9 Å². The van der Waals surface area contributed by atoms with Crippen molar-refractivity contribution < 1.29 is 4.79 Å². The highest BCUT2D eigenvalue weighted by atomic mass is 79.9. The first-order valence-corrected chi connectivity index (χ1v) is 6.72. The normalized spacial score (nSPS) is 10.4. The van der Waals surface area contributed by atoms with Crippen LogP contribution in [0.2, 0.25) is 5.02 Å². The maximum absolute atomic E-state index is 12.4. The van der Waals surface area contributed by atoms with Crippen LogP contribution in [-0.4, -0.2) is 5.78 Å². The zero-order valence-corrected chi connectivity index (χ0v) is 12.5. The highest BCUT2D eigenvalue weighted by molar-refractivity contribution is 9.10. The molecule has 0 spiro atoms. The fraction of sp³-hybridized carbons (Fsp3) is 0.133. The largest absolute Gasteiger partial charge is 0.289 e. The zero-order chi connectivity index (χ0) is 13.3. The minimum Gasteiger partial charge on any atom is -0.289 e. The van der Waals surface area contributed by atoms with E-state index in [1.165, 1.54) is 0 Å². The van der Waals surface area contributed by atoms with E-state index in [4.69, 9.17) is 11.6 Å². The predicted octanol–water partition coefficient (Wildman–Crippen LogP) is 4.95. The molecule has 2 aromatic carbocycles. The van der Waals surface area contributed by atoms with Crippen LogP contribution >= 0.6 is 27.5 Å². The Morgan fingerprint density at radius 1 is 1.06 bits per heavy atom. The van der Waals surface area contributed by atoms with Gasteiger partial charge in [-0.3, -0.25) is 4.79 Å². The van der Waals surface area contributed by atoms with Gasteiger partial charge in [0.1, 0.15) is 0 Å². The Bertz CT molecular complexity index is 600. The Labute approximate surface area is 120 Å². The Morgan fingerprint density at radius 3 is 2.22 bits per heavy atom. The predicted molar refractivity (Wildman–Crippen MR) is 78.5 cm³/mol. The molecule has 0 N–H and O–H groups in total. The van der Waals surface area contributed by atoms with Crippen molar-refractivity contribution in [2.24, 2.45) is 0 Å². The van der Waals surface area contributed by atoms with E-state index in [1.54, 1.807) is 18.2 Å². The van der Waals surface area contributed by atoms with Crippen LogP contribution in [0.4, 0.5) is 0 Å². The molecule has 0 atom stereocenters. The minimum atomic E-state index is 0.00495. The van der Waals surface area contributed by atoms with Crippen LogP contribution in [0.5, 0.6) is 0 Å². The van der Waals surface area contributed by atoms with Crippen molar-refractivity contribution in [3.8, 4) is 0 Å². The second-order valence-electron chi connectivity index (χ2n) is 4.33. The Hall–Kier alpha value is -1.12. The molecule has 1 nitrogen and oxygen atoms in total. The summed E-state index contributed by atoms with van der Waals surface area (Å²) in [7, 11) is 0. The average Bonchev–Trinajstić information content (AvgIpc) is 2.26. The SMILES string of the molecule is Cc1cc(C)cc(C(=O)c2ccc(Cl)cc2Br)c1. The highest BCUT2D eigenvalue weighted by Gasteiger charge is 2.13. The van der Waals surface area contributed by atoms with Crippen molar-refractivity contribution in [2.45, 2.75) is 13.8 Å². The summed E-state index contributed by atoms with van der Waals surface area (Å²) in [5, 5.41) is 0.610. The number of carbonyl (C=O) groups excluding carboxylic acids is 1. The quantitative estimate of drug-likeness (QED) is 0.715. The van der Waals surface area contributed by atoms with Gasteiger partial charge in [-0.15, -0.1) is 0 Å². The fourth-order valence-corrected chi connectivity index (χ4v) is 2.80. The van der Waals surface area contributed by atoms with Gasteiger partial charge in [0.05, 0.1) is 0 Å². The van der Waals surface area contributed by atoms with E-state index in [1.807, 2.05) is 32.0 Å². The maximum atomic E-state index is 12.4. The van der Waals surface area contributed by atoms with Crippen LogP contribution in [0.3, 0.4) is 0 Å². The third kappa shape index (κ3) is 2.82. The van der Waals surface area contributed by atoms with Crippen molar-refractivity contribution in [2.75, 3.05) is 0 Å². The maximum Gasteiger partial charge on any atom is 0.194 e. The van der Waals surface area contributed by atoms with E-state index < -0.39 is 0 Å². The number of rotatable bonds is 2. The van der Waals surface area contributed by atoms with Crippen LogP contribution in [-0.2, 0) is 0 Å². The number of halogens is 2. The summed E-state index contributed by atoms with van der Waals surface area (Å²) in [6.07, 6.45) is 0. The third-order valence-corrected chi connectivity index (χ3v) is 3.55. The summed E-state index contributed by atoms with van der Waals surface area (Å²) in [6, 6.07) is 11.0. The molecule has 0 fully saturated rings. The smallest absolute Gasteiger partial charge is 0.194 e. The standard InChI is InChI=1S/C15H12BrClO/c1-9-5-10(2)7-11(6-9)15(18)13-4-3-12(17)8-14(13)16/h3-8H,1-2H3.